The number of amides is 2. The van der Waals surface area contributed by atoms with E-state index in [4.69, 9.17) is 0 Å². The van der Waals surface area contributed by atoms with Crippen molar-refractivity contribution in [3.63, 3.8) is 0 Å². The molecule has 1 heterocycles. The summed E-state index contributed by atoms with van der Waals surface area (Å²) in [4.78, 5) is 24.7. The number of rotatable bonds is 6. The normalized spacial score (nSPS) is 14.6. The minimum atomic E-state index is -0.496. The maximum Gasteiger partial charge on any atom is 0.289 e. The van der Waals surface area contributed by atoms with Crippen LogP contribution in [0.15, 0.2) is 35.6 Å². The van der Waals surface area contributed by atoms with Crippen LogP contribution in [0.2, 0.25) is 0 Å². The van der Waals surface area contributed by atoms with Crippen LogP contribution in [-0.2, 0) is 16.0 Å². The fourth-order valence-corrected chi connectivity index (χ4v) is 2.50. The van der Waals surface area contributed by atoms with E-state index in [1.54, 1.807) is 7.05 Å². The van der Waals surface area contributed by atoms with E-state index >= 15 is 0 Å². The van der Waals surface area contributed by atoms with Gasteiger partial charge < -0.3 is 15.3 Å². The first-order valence-corrected chi connectivity index (χ1v) is 7.50. The molecular formula is C17H22N2O3. The van der Waals surface area contributed by atoms with Crippen molar-refractivity contribution in [2.45, 2.75) is 26.2 Å². The smallest absolute Gasteiger partial charge is 0.289 e. The molecule has 2 rings (SSSR count). The summed E-state index contributed by atoms with van der Waals surface area (Å²) in [6.45, 7) is 2.78. The van der Waals surface area contributed by atoms with Gasteiger partial charge in [0.05, 0.1) is 12.1 Å². The van der Waals surface area contributed by atoms with Gasteiger partial charge >= 0.3 is 0 Å². The fraction of sp³-hybridized carbons (Fsp3) is 0.412. The van der Waals surface area contributed by atoms with Crippen LogP contribution in [0.4, 0.5) is 0 Å². The number of hydrogen-bond donors (Lipinski definition) is 2. The van der Waals surface area contributed by atoms with Crippen molar-refractivity contribution >= 4 is 11.8 Å². The molecule has 0 saturated heterocycles. The highest BCUT2D eigenvalue weighted by atomic mass is 16.3. The SMILES string of the molecule is Cc1cccc(CCCCNC(=O)C2=C(O)C(=O)N(C)C2)c1. The van der Waals surface area contributed by atoms with Crippen LogP contribution < -0.4 is 5.32 Å². The Labute approximate surface area is 130 Å². The Morgan fingerprint density at radius 3 is 2.77 bits per heavy atom. The van der Waals surface area contributed by atoms with Gasteiger partial charge in [-0.3, -0.25) is 9.59 Å². The standard InChI is InChI=1S/C17H22N2O3/c1-12-6-5-8-13(10-12)7-3-4-9-18-16(21)14-11-19(2)17(22)15(14)20/h5-6,8,10,20H,3-4,7,9,11H2,1-2H3,(H,18,21). The number of nitrogens with zero attached hydrogens (tertiary/aromatic N) is 1. The zero-order valence-electron chi connectivity index (χ0n) is 13.1. The van der Waals surface area contributed by atoms with Crippen LogP contribution >= 0.6 is 0 Å². The summed E-state index contributed by atoms with van der Waals surface area (Å²) >= 11 is 0. The average molecular weight is 302 g/mol. The first-order chi connectivity index (χ1) is 10.5. The Balaban J connectivity index is 1.71. The van der Waals surface area contributed by atoms with Gasteiger partial charge in [-0.15, -0.1) is 0 Å². The zero-order chi connectivity index (χ0) is 16.1. The van der Waals surface area contributed by atoms with Gasteiger partial charge in [0, 0.05) is 13.6 Å². The minimum absolute atomic E-state index is 0.159. The van der Waals surface area contributed by atoms with Crippen LogP contribution in [0, 0.1) is 6.92 Å². The van der Waals surface area contributed by atoms with Crippen molar-refractivity contribution in [1.82, 2.24) is 10.2 Å². The Morgan fingerprint density at radius 2 is 2.14 bits per heavy atom. The molecule has 0 unspecified atom stereocenters. The number of unbranched alkanes of at least 4 members (excludes halogenated alkanes) is 1. The van der Waals surface area contributed by atoms with Gasteiger partial charge in [-0.1, -0.05) is 29.8 Å². The number of likely N-dealkylation sites (N-methyl/N-ethyl adjacent to an activating group) is 1. The highest BCUT2D eigenvalue weighted by molar-refractivity contribution is 6.06. The first-order valence-electron chi connectivity index (χ1n) is 7.50. The Hall–Kier alpha value is -2.30. The number of aliphatic hydroxyl groups is 1. The van der Waals surface area contributed by atoms with E-state index in [0.29, 0.717) is 6.54 Å². The summed E-state index contributed by atoms with van der Waals surface area (Å²) in [6, 6.07) is 8.40. The first kappa shape index (κ1) is 16.1. The molecule has 5 heteroatoms. The molecule has 2 amide bonds. The van der Waals surface area contributed by atoms with Crippen LogP contribution in [0.1, 0.15) is 24.0 Å². The lowest BCUT2D eigenvalue weighted by Crippen LogP contribution is -2.29. The van der Waals surface area contributed by atoms with Crippen molar-refractivity contribution in [1.29, 1.82) is 0 Å². The van der Waals surface area contributed by atoms with Gasteiger partial charge in [-0.2, -0.15) is 0 Å². The van der Waals surface area contributed by atoms with Gasteiger partial charge in [0.1, 0.15) is 0 Å². The minimum Gasteiger partial charge on any atom is -0.503 e. The number of carbonyl (C=O) groups excluding carboxylic acids is 2. The molecule has 0 radical (unpaired) electrons. The van der Waals surface area contributed by atoms with Gasteiger partial charge in [-0.25, -0.2) is 0 Å². The second kappa shape index (κ2) is 7.11. The van der Waals surface area contributed by atoms with Gasteiger partial charge in [0.15, 0.2) is 5.76 Å². The fourth-order valence-electron chi connectivity index (χ4n) is 2.50. The molecule has 1 aliphatic rings. The number of carbonyl (C=O) groups is 2. The quantitative estimate of drug-likeness (QED) is 0.786. The number of nitrogens with one attached hydrogen (secondary N) is 1. The van der Waals surface area contributed by atoms with Crippen LogP contribution in [-0.4, -0.2) is 42.0 Å². The number of aliphatic hydroxyl groups excluding tert-OH is 1. The van der Waals surface area contributed by atoms with Crippen molar-refractivity contribution < 1.29 is 14.7 Å². The van der Waals surface area contributed by atoms with Crippen LogP contribution in [0.3, 0.4) is 0 Å². The topological polar surface area (TPSA) is 69.6 Å². The lowest BCUT2D eigenvalue weighted by molar-refractivity contribution is -0.126. The van der Waals surface area contributed by atoms with Gasteiger partial charge in [0.25, 0.3) is 11.8 Å². The number of hydrogen-bond acceptors (Lipinski definition) is 3. The van der Waals surface area contributed by atoms with Crippen molar-refractivity contribution in [2.24, 2.45) is 0 Å². The molecule has 0 bridgehead atoms. The van der Waals surface area contributed by atoms with Crippen molar-refractivity contribution in [3.05, 3.63) is 46.7 Å². The summed E-state index contributed by atoms with van der Waals surface area (Å²) in [5.41, 5.74) is 2.71. The lowest BCUT2D eigenvalue weighted by atomic mass is 10.1. The third-order valence-corrected chi connectivity index (χ3v) is 3.76. The molecule has 5 nitrogen and oxygen atoms in total. The Bertz CT molecular complexity index is 608. The third kappa shape index (κ3) is 3.87. The molecule has 1 aliphatic heterocycles. The summed E-state index contributed by atoms with van der Waals surface area (Å²) in [7, 11) is 1.56. The highest BCUT2D eigenvalue weighted by Gasteiger charge is 2.31. The predicted octanol–water partition coefficient (Wildman–Crippen LogP) is 1.72. The van der Waals surface area contributed by atoms with Crippen molar-refractivity contribution in [3.8, 4) is 0 Å². The van der Waals surface area contributed by atoms with E-state index in [9.17, 15) is 14.7 Å². The monoisotopic (exact) mass is 302 g/mol. The summed E-state index contributed by atoms with van der Waals surface area (Å²) in [5.74, 6) is -1.28. The van der Waals surface area contributed by atoms with E-state index in [1.165, 1.54) is 16.0 Å². The summed E-state index contributed by atoms with van der Waals surface area (Å²) in [6.07, 6.45) is 2.82. The molecule has 0 aromatic heterocycles. The molecular weight excluding hydrogens is 280 g/mol. The van der Waals surface area contributed by atoms with Gasteiger partial charge in [0.2, 0.25) is 0 Å². The zero-order valence-corrected chi connectivity index (χ0v) is 13.1. The van der Waals surface area contributed by atoms with Crippen LogP contribution in [0.25, 0.3) is 0 Å². The van der Waals surface area contributed by atoms with E-state index in [-0.39, 0.29) is 18.0 Å². The Morgan fingerprint density at radius 1 is 1.36 bits per heavy atom. The predicted molar refractivity (Wildman–Crippen MR) is 84.4 cm³/mol. The van der Waals surface area contributed by atoms with E-state index in [1.807, 2.05) is 0 Å². The molecule has 1 aromatic rings. The largest absolute Gasteiger partial charge is 0.503 e. The molecule has 118 valence electrons. The summed E-state index contributed by atoms with van der Waals surface area (Å²) in [5, 5.41) is 12.4. The van der Waals surface area contributed by atoms with E-state index in [2.05, 4.69) is 36.5 Å². The maximum atomic E-state index is 11.9. The molecule has 0 spiro atoms. The molecule has 0 atom stereocenters. The highest BCUT2D eigenvalue weighted by Crippen LogP contribution is 2.15. The van der Waals surface area contributed by atoms with Crippen molar-refractivity contribution in [2.75, 3.05) is 20.1 Å². The van der Waals surface area contributed by atoms with Gasteiger partial charge in [-0.05, 0) is 31.7 Å². The molecule has 2 N–H and O–H groups in total. The van der Waals surface area contributed by atoms with Crippen LogP contribution in [0.5, 0.6) is 0 Å². The average Bonchev–Trinajstić information content (AvgIpc) is 2.74. The second-order valence-electron chi connectivity index (χ2n) is 5.69. The molecule has 0 fully saturated rings. The van der Waals surface area contributed by atoms with E-state index in [0.717, 1.165) is 19.3 Å². The molecule has 1 aromatic carbocycles. The number of benzene rings is 1. The summed E-state index contributed by atoms with van der Waals surface area (Å²) < 4.78 is 0. The van der Waals surface area contributed by atoms with E-state index < -0.39 is 11.7 Å². The third-order valence-electron chi connectivity index (χ3n) is 3.76. The lowest BCUT2D eigenvalue weighted by Gasteiger charge is -2.08. The number of aryl methyl sites for hydroxylation is 2. The Kier molecular flexibility index (Phi) is 5.20. The molecule has 0 aliphatic carbocycles. The second-order valence-corrected chi connectivity index (χ2v) is 5.69. The molecule has 22 heavy (non-hydrogen) atoms. The molecule has 0 saturated carbocycles. The maximum absolute atomic E-state index is 11.9.